The molecule has 1 saturated heterocycles. The fraction of sp³-hybridized carbons (Fsp3) is 0.667. The summed E-state index contributed by atoms with van der Waals surface area (Å²) < 4.78 is 5.72. The number of morpholine rings is 1. The van der Waals surface area contributed by atoms with Gasteiger partial charge in [0.2, 0.25) is 0 Å². The maximum atomic E-state index is 5.81. The second-order valence-electron chi connectivity index (χ2n) is 5.56. The molecular weight excluding hydrogens is 238 g/mol. The van der Waals surface area contributed by atoms with Gasteiger partial charge in [0.15, 0.2) is 0 Å². The molecule has 0 spiro atoms. The Morgan fingerprint density at radius 1 is 1.53 bits per heavy atom. The number of aromatic nitrogens is 1. The number of hydrogen-bond acceptors (Lipinski definition) is 4. The Bertz CT molecular complexity index is 391. The van der Waals surface area contributed by atoms with Crippen LogP contribution in [0.25, 0.3) is 0 Å². The molecule has 2 rings (SSSR count). The van der Waals surface area contributed by atoms with E-state index in [2.05, 4.69) is 35.9 Å². The van der Waals surface area contributed by atoms with E-state index in [4.69, 9.17) is 10.5 Å². The second-order valence-corrected chi connectivity index (χ2v) is 5.56. The molecule has 1 aromatic rings. The zero-order valence-corrected chi connectivity index (χ0v) is 12.2. The van der Waals surface area contributed by atoms with Gasteiger partial charge in [0, 0.05) is 18.8 Å². The Balaban J connectivity index is 2.10. The van der Waals surface area contributed by atoms with Crippen molar-refractivity contribution in [3.63, 3.8) is 0 Å². The standard InChI is InChI=1S/C15H25N3O/c1-4-14-10-19-12(3)9-18(14)15-6-5-13(8-17-15)7-11(2)16/h5-6,8,11-12,14H,4,7,9-10,16H2,1-3H3. The van der Waals surface area contributed by atoms with Crippen molar-refractivity contribution in [2.45, 2.75) is 51.8 Å². The van der Waals surface area contributed by atoms with Gasteiger partial charge < -0.3 is 15.4 Å². The molecule has 19 heavy (non-hydrogen) atoms. The first-order valence-electron chi connectivity index (χ1n) is 7.19. The van der Waals surface area contributed by atoms with Crippen molar-refractivity contribution >= 4 is 5.82 Å². The predicted octanol–water partition coefficient (Wildman–Crippen LogP) is 1.98. The van der Waals surface area contributed by atoms with E-state index in [-0.39, 0.29) is 12.1 Å². The Kier molecular flexibility index (Phi) is 4.77. The molecule has 2 N–H and O–H groups in total. The number of anilines is 1. The summed E-state index contributed by atoms with van der Waals surface area (Å²) >= 11 is 0. The number of nitrogens with zero attached hydrogens (tertiary/aromatic N) is 2. The van der Waals surface area contributed by atoms with Crippen LogP contribution in [0, 0.1) is 0 Å². The van der Waals surface area contributed by atoms with Gasteiger partial charge in [-0.3, -0.25) is 0 Å². The van der Waals surface area contributed by atoms with Crippen LogP contribution in [-0.4, -0.2) is 36.3 Å². The van der Waals surface area contributed by atoms with Gasteiger partial charge in [-0.1, -0.05) is 13.0 Å². The highest BCUT2D eigenvalue weighted by Crippen LogP contribution is 2.21. The number of ether oxygens (including phenoxy) is 1. The first-order valence-corrected chi connectivity index (χ1v) is 7.19. The van der Waals surface area contributed by atoms with E-state index in [9.17, 15) is 0 Å². The zero-order chi connectivity index (χ0) is 13.8. The lowest BCUT2D eigenvalue weighted by Gasteiger charge is -2.39. The summed E-state index contributed by atoms with van der Waals surface area (Å²) in [7, 11) is 0. The van der Waals surface area contributed by atoms with Gasteiger partial charge in [0.1, 0.15) is 5.82 Å². The van der Waals surface area contributed by atoms with Crippen LogP contribution in [0.2, 0.25) is 0 Å². The zero-order valence-electron chi connectivity index (χ0n) is 12.2. The van der Waals surface area contributed by atoms with Crippen molar-refractivity contribution in [3.05, 3.63) is 23.9 Å². The topological polar surface area (TPSA) is 51.4 Å². The van der Waals surface area contributed by atoms with Crippen molar-refractivity contribution < 1.29 is 4.74 Å². The Hall–Kier alpha value is -1.13. The summed E-state index contributed by atoms with van der Waals surface area (Å²) in [6, 6.07) is 4.86. The quantitative estimate of drug-likeness (QED) is 0.902. The molecule has 2 heterocycles. The molecule has 1 aliphatic rings. The molecule has 1 fully saturated rings. The molecular formula is C15H25N3O. The highest BCUT2D eigenvalue weighted by molar-refractivity contribution is 5.41. The largest absolute Gasteiger partial charge is 0.375 e. The van der Waals surface area contributed by atoms with Gasteiger partial charge in [-0.25, -0.2) is 4.98 Å². The van der Waals surface area contributed by atoms with Crippen molar-refractivity contribution in [2.24, 2.45) is 5.73 Å². The summed E-state index contributed by atoms with van der Waals surface area (Å²) in [5.41, 5.74) is 7.01. The van der Waals surface area contributed by atoms with E-state index in [0.29, 0.717) is 6.04 Å². The van der Waals surface area contributed by atoms with Gasteiger partial charge in [0.25, 0.3) is 0 Å². The average Bonchev–Trinajstić information content (AvgIpc) is 2.39. The molecule has 0 saturated carbocycles. The van der Waals surface area contributed by atoms with Crippen LogP contribution in [0.1, 0.15) is 32.8 Å². The Morgan fingerprint density at radius 3 is 2.89 bits per heavy atom. The molecule has 0 bridgehead atoms. The van der Waals surface area contributed by atoms with Crippen LogP contribution >= 0.6 is 0 Å². The van der Waals surface area contributed by atoms with Crippen LogP contribution < -0.4 is 10.6 Å². The van der Waals surface area contributed by atoms with Crippen LogP contribution in [0.5, 0.6) is 0 Å². The van der Waals surface area contributed by atoms with Crippen molar-refractivity contribution in [1.29, 1.82) is 0 Å². The minimum Gasteiger partial charge on any atom is -0.375 e. The number of rotatable bonds is 4. The average molecular weight is 263 g/mol. The lowest BCUT2D eigenvalue weighted by molar-refractivity contribution is 0.0296. The number of nitrogens with two attached hydrogens (primary N) is 1. The van der Waals surface area contributed by atoms with Crippen molar-refractivity contribution in [1.82, 2.24) is 4.98 Å². The molecule has 1 aromatic heterocycles. The molecule has 1 aliphatic heterocycles. The van der Waals surface area contributed by atoms with E-state index in [1.165, 1.54) is 5.56 Å². The minimum absolute atomic E-state index is 0.180. The molecule has 106 valence electrons. The fourth-order valence-corrected chi connectivity index (χ4v) is 2.54. The molecule has 3 atom stereocenters. The Morgan fingerprint density at radius 2 is 2.32 bits per heavy atom. The lowest BCUT2D eigenvalue weighted by Crippen LogP contribution is -2.49. The van der Waals surface area contributed by atoms with Crippen LogP contribution in [-0.2, 0) is 11.2 Å². The molecule has 0 amide bonds. The molecule has 0 radical (unpaired) electrons. The smallest absolute Gasteiger partial charge is 0.128 e. The van der Waals surface area contributed by atoms with E-state index in [1.54, 1.807) is 0 Å². The number of hydrogen-bond donors (Lipinski definition) is 1. The van der Waals surface area contributed by atoms with E-state index in [0.717, 1.165) is 31.8 Å². The second kappa shape index (κ2) is 6.35. The number of pyridine rings is 1. The SMILES string of the molecule is CCC1COC(C)CN1c1ccc(CC(C)N)cn1. The summed E-state index contributed by atoms with van der Waals surface area (Å²) in [5.74, 6) is 1.05. The predicted molar refractivity (Wildman–Crippen MR) is 78.4 cm³/mol. The van der Waals surface area contributed by atoms with Crippen LogP contribution in [0.3, 0.4) is 0 Å². The summed E-state index contributed by atoms with van der Waals surface area (Å²) in [6.45, 7) is 8.04. The van der Waals surface area contributed by atoms with E-state index < -0.39 is 0 Å². The third-order valence-electron chi connectivity index (χ3n) is 3.60. The fourth-order valence-electron chi connectivity index (χ4n) is 2.54. The molecule has 3 unspecified atom stereocenters. The molecule has 0 aromatic carbocycles. The third-order valence-corrected chi connectivity index (χ3v) is 3.60. The maximum absolute atomic E-state index is 5.81. The summed E-state index contributed by atoms with van der Waals surface area (Å²) in [6.07, 6.45) is 4.18. The van der Waals surface area contributed by atoms with Gasteiger partial charge in [-0.2, -0.15) is 0 Å². The first kappa shape index (κ1) is 14.3. The van der Waals surface area contributed by atoms with Gasteiger partial charge in [0.05, 0.1) is 18.8 Å². The first-order chi connectivity index (χ1) is 9.10. The van der Waals surface area contributed by atoms with Crippen LogP contribution in [0.15, 0.2) is 18.3 Å². The molecule has 0 aliphatic carbocycles. The maximum Gasteiger partial charge on any atom is 0.128 e. The monoisotopic (exact) mass is 263 g/mol. The summed E-state index contributed by atoms with van der Waals surface area (Å²) in [5, 5.41) is 0. The van der Waals surface area contributed by atoms with Gasteiger partial charge in [-0.05, 0) is 38.3 Å². The summed E-state index contributed by atoms with van der Waals surface area (Å²) in [4.78, 5) is 6.97. The highest BCUT2D eigenvalue weighted by atomic mass is 16.5. The van der Waals surface area contributed by atoms with Gasteiger partial charge in [-0.15, -0.1) is 0 Å². The van der Waals surface area contributed by atoms with Crippen LogP contribution in [0.4, 0.5) is 5.82 Å². The van der Waals surface area contributed by atoms with E-state index >= 15 is 0 Å². The van der Waals surface area contributed by atoms with Gasteiger partial charge >= 0.3 is 0 Å². The molecule has 4 nitrogen and oxygen atoms in total. The van der Waals surface area contributed by atoms with Crippen molar-refractivity contribution in [3.8, 4) is 0 Å². The third kappa shape index (κ3) is 3.67. The highest BCUT2D eigenvalue weighted by Gasteiger charge is 2.26. The van der Waals surface area contributed by atoms with E-state index in [1.807, 2.05) is 13.1 Å². The Labute approximate surface area is 116 Å². The van der Waals surface area contributed by atoms with Crippen molar-refractivity contribution in [2.75, 3.05) is 18.1 Å². The minimum atomic E-state index is 0.180. The molecule has 4 heteroatoms. The lowest BCUT2D eigenvalue weighted by atomic mass is 10.1. The normalized spacial score (nSPS) is 25.4.